The summed E-state index contributed by atoms with van der Waals surface area (Å²) in [7, 11) is 1.87. The third kappa shape index (κ3) is 4.34. The van der Waals surface area contributed by atoms with Crippen molar-refractivity contribution < 1.29 is 4.92 Å². The lowest BCUT2D eigenvalue weighted by Gasteiger charge is -2.28. The molecule has 5 aromatic rings. The predicted octanol–water partition coefficient (Wildman–Crippen LogP) is 6.08. The first-order valence-corrected chi connectivity index (χ1v) is 13.7. The maximum absolute atomic E-state index is 13.7. The van der Waals surface area contributed by atoms with Gasteiger partial charge >= 0.3 is 0 Å². The van der Waals surface area contributed by atoms with Crippen molar-refractivity contribution in [3.05, 3.63) is 126 Å². The Morgan fingerprint density at radius 1 is 1.00 bits per heavy atom. The minimum atomic E-state index is -0.389. The van der Waals surface area contributed by atoms with Crippen molar-refractivity contribution in [1.82, 2.24) is 13.9 Å². The minimum absolute atomic E-state index is 0.0329. The fourth-order valence-corrected chi connectivity index (χ4v) is 6.39. The highest BCUT2D eigenvalue weighted by Crippen LogP contribution is 2.36. The van der Waals surface area contributed by atoms with Crippen LogP contribution in [0, 0.1) is 17.0 Å². The molecular weight excluding hydrogens is 510 g/mol. The third-order valence-corrected chi connectivity index (χ3v) is 8.34. The number of nitrogens with zero attached hydrogens (tertiary/aromatic N) is 5. The molecule has 0 radical (unpaired) electrons. The zero-order chi connectivity index (χ0) is 27.1. The molecule has 39 heavy (non-hydrogen) atoms. The summed E-state index contributed by atoms with van der Waals surface area (Å²) in [4.78, 5) is 30.3. The van der Waals surface area contributed by atoms with E-state index in [1.54, 1.807) is 16.8 Å². The van der Waals surface area contributed by atoms with E-state index in [-0.39, 0.29) is 22.2 Å². The number of nitro benzene ring substituents is 1. The van der Waals surface area contributed by atoms with Crippen LogP contribution in [0.3, 0.4) is 0 Å². The summed E-state index contributed by atoms with van der Waals surface area (Å²) in [5.41, 5.74) is 6.17. The number of aryl methyl sites for hydroxylation is 1. The van der Waals surface area contributed by atoms with Crippen LogP contribution in [0.15, 0.2) is 94.0 Å². The minimum Gasteiger partial charge on any atom is -0.309 e. The van der Waals surface area contributed by atoms with Crippen LogP contribution in [0.4, 0.5) is 11.4 Å². The van der Waals surface area contributed by atoms with Crippen molar-refractivity contribution in [2.24, 2.45) is 12.0 Å². The summed E-state index contributed by atoms with van der Waals surface area (Å²) < 4.78 is 5.68. The summed E-state index contributed by atoms with van der Waals surface area (Å²) in [6.07, 6.45) is 2.99. The van der Waals surface area contributed by atoms with Gasteiger partial charge in [0.15, 0.2) is 10.5 Å². The maximum atomic E-state index is 13.7. The van der Waals surface area contributed by atoms with Gasteiger partial charge in [-0.2, -0.15) is 0 Å². The molecule has 0 fully saturated rings. The highest BCUT2D eigenvalue weighted by molar-refractivity contribution is 7.07. The molecule has 3 aromatic carbocycles. The van der Waals surface area contributed by atoms with E-state index in [9.17, 15) is 14.9 Å². The van der Waals surface area contributed by atoms with Crippen LogP contribution in [0.25, 0.3) is 16.9 Å². The first kappa shape index (κ1) is 24.8. The number of hydrogen-bond donors (Lipinski definition) is 0. The second-order valence-corrected chi connectivity index (χ2v) is 10.5. The van der Waals surface area contributed by atoms with E-state index in [1.807, 2.05) is 54.4 Å². The quantitative estimate of drug-likeness (QED) is 0.201. The van der Waals surface area contributed by atoms with Gasteiger partial charge in [0.05, 0.1) is 28.0 Å². The molecule has 0 saturated carbocycles. The lowest BCUT2D eigenvalue weighted by atomic mass is 9.87. The fraction of sp³-hybridized carbons (Fsp3) is 0.200. The lowest BCUT2D eigenvalue weighted by Crippen LogP contribution is -2.26. The molecule has 9 heteroatoms. The van der Waals surface area contributed by atoms with Gasteiger partial charge in [-0.25, -0.2) is 9.67 Å². The Morgan fingerprint density at radius 3 is 2.46 bits per heavy atom. The van der Waals surface area contributed by atoms with Gasteiger partial charge in [-0.3, -0.25) is 19.6 Å². The second-order valence-electron chi connectivity index (χ2n) is 9.71. The molecule has 1 aliphatic rings. The first-order valence-electron chi connectivity index (χ1n) is 12.9. The van der Waals surface area contributed by atoms with Gasteiger partial charge in [0.25, 0.3) is 11.2 Å². The Hall–Kier alpha value is -4.50. The number of fused-ring (bicyclic) bond motifs is 1. The highest BCUT2D eigenvalue weighted by atomic mass is 32.1. The molecule has 196 valence electrons. The van der Waals surface area contributed by atoms with Crippen molar-refractivity contribution in [2.75, 3.05) is 0 Å². The van der Waals surface area contributed by atoms with Crippen LogP contribution in [-0.4, -0.2) is 18.9 Å². The van der Waals surface area contributed by atoms with Gasteiger partial charge < -0.3 is 4.57 Å². The Labute approximate surface area is 228 Å². The van der Waals surface area contributed by atoms with E-state index < -0.39 is 0 Å². The molecule has 0 aliphatic heterocycles. The van der Waals surface area contributed by atoms with E-state index in [4.69, 9.17) is 4.99 Å². The molecule has 0 amide bonds. The van der Waals surface area contributed by atoms with Gasteiger partial charge in [0.1, 0.15) is 0 Å². The number of non-ortho nitro benzene ring substituents is 1. The molecule has 0 saturated heterocycles. The van der Waals surface area contributed by atoms with Crippen LogP contribution in [-0.2, 0) is 13.5 Å². The number of nitro groups is 1. The standard InChI is InChI=1S/C30H27N5O3S/c1-20-28(29(36)34(32(20)2)23-11-4-3-5-12-23)31-30-33(26-14-8-10-21-9-6-7-13-25(21)26)27(19-39-30)22-15-17-24(18-16-22)35(37)38/h3-7,9,11-13,15-19,26H,8,10,14H2,1-2H3. The Balaban J connectivity index is 1.58. The normalized spacial score (nSPS) is 15.3. The van der Waals surface area contributed by atoms with Crippen LogP contribution < -0.4 is 10.4 Å². The highest BCUT2D eigenvalue weighted by Gasteiger charge is 2.26. The SMILES string of the molecule is Cc1c(N=c2scc(-c3ccc([N+](=O)[O-])cc3)n2C2CCCc3ccccc32)c(=O)n(-c2ccccc2)n1C. The smallest absolute Gasteiger partial charge is 0.297 e. The summed E-state index contributed by atoms with van der Waals surface area (Å²) in [5.74, 6) is 0. The van der Waals surface area contributed by atoms with Gasteiger partial charge in [-0.05, 0) is 67.1 Å². The topological polar surface area (TPSA) is 87.4 Å². The monoisotopic (exact) mass is 537 g/mol. The number of thiazole rings is 1. The maximum Gasteiger partial charge on any atom is 0.297 e. The predicted molar refractivity (Wildman–Crippen MR) is 153 cm³/mol. The molecular formula is C30H27N5O3S. The van der Waals surface area contributed by atoms with Crippen LogP contribution in [0.2, 0.25) is 0 Å². The largest absolute Gasteiger partial charge is 0.309 e. The van der Waals surface area contributed by atoms with Crippen molar-refractivity contribution in [3.8, 4) is 16.9 Å². The van der Waals surface area contributed by atoms with Gasteiger partial charge in [0, 0.05) is 24.6 Å². The van der Waals surface area contributed by atoms with Gasteiger partial charge in [0.2, 0.25) is 0 Å². The number of para-hydroxylation sites is 1. The molecule has 8 nitrogen and oxygen atoms in total. The molecule has 1 atom stereocenters. The second kappa shape index (κ2) is 9.99. The summed E-state index contributed by atoms with van der Waals surface area (Å²) >= 11 is 1.48. The molecule has 0 bridgehead atoms. The van der Waals surface area contributed by atoms with Crippen LogP contribution in [0.1, 0.15) is 35.7 Å². The number of hydrogen-bond acceptors (Lipinski definition) is 5. The average molecular weight is 538 g/mol. The summed E-state index contributed by atoms with van der Waals surface area (Å²) in [5, 5.41) is 13.3. The molecule has 2 heterocycles. The Kier molecular flexibility index (Phi) is 6.36. The zero-order valence-electron chi connectivity index (χ0n) is 21.7. The fourth-order valence-electron chi connectivity index (χ4n) is 5.44. The molecule has 6 rings (SSSR count). The molecule has 0 N–H and O–H groups in total. The van der Waals surface area contributed by atoms with E-state index in [0.29, 0.717) is 5.69 Å². The van der Waals surface area contributed by atoms with Gasteiger partial charge in [-0.1, -0.05) is 42.5 Å². The van der Waals surface area contributed by atoms with Crippen molar-refractivity contribution in [3.63, 3.8) is 0 Å². The Morgan fingerprint density at radius 2 is 1.72 bits per heavy atom. The molecule has 1 unspecified atom stereocenters. The number of aromatic nitrogens is 3. The lowest BCUT2D eigenvalue weighted by molar-refractivity contribution is -0.384. The average Bonchev–Trinajstić information content (AvgIpc) is 3.47. The van der Waals surface area contributed by atoms with Crippen molar-refractivity contribution in [2.45, 2.75) is 32.2 Å². The van der Waals surface area contributed by atoms with Crippen molar-refractivity contribution in [1.29, 1.82) is 0 Å². The zero-order valence-corrected chi connectivity index (χ0v) is 22.5. The molecule has 2 aromatic heterocycles. The van der Waals surface area contributed by atoms with E-state index in [0.717, 1.165) is 46.7 Å². The van der Waals surface area contributed by atoms with Gasteiger partial charge in [-0.15, -0.1) is 11.3 Å². The summed E-state index contributed by atoms with van der Waals surface area (Å²) in [6.45, 7) is 1.91. The van der Waals surface area contributed by atoms with Crippen LogP contribution in [0.5, 0.6) is 0 Å². The van der Waals surface area contributed by atoms with E-state index in [2.05, 4.69) is 28.8 Å². The number of rotatable bonds is 5. The Bertz CT molecular complexity index is 1810. The molecule has 0 spiro atoms. The van der Waals surface area contributed by atoms with E-state index in [1.165, 1.54) is 34.6 Å². The van der Waals surface area contributed by atoms with Crippen molar-refractivity contribution >= 4 is 22.7 Å². The first-order chi connectivity index (χ1) is 18.9. The van der Waals surface area contributed by atoms with Crippen LogP contribution >= 0.6 is 11.3 Å². The molecule has 1 aliphatic carbocycles. The summed E-state index contributed by atoms with van der Waals surface area (Å²) in [6, 6.07) is 24.7. The number of benzene rings is 3. The third-order valence-electron chi connectivity index (χ3n) is 7.50. The van der Waals surface area contributed by atoms with E-state index >= 15 is 0 Å².